The van der Waals surface area contributed by atoms with Crippen LogP contribution in [0.2, 0.25) is 0 Å². The normalized spacial score (nSPS) is 24.9. The van der Waals surface area contributed by atoms with Gasteiger partial charge in [0.25, 0.3) is 0 Å². The third-order valence-electron chi connectivity index (χ3n) is 2.86. The van der Waals surface area contributed by atoms with Crippen molar-refractivity contribution in [3.05, 3.63) is 11.9 Å². The van der Waals surface area contributed by atoms with E-state index in [9.17, 15) is 0 Å². The lowest BCUT2D eigenvalue weighted by molar-refractivity contribution is 0.127. The van der Waals surface area contributed by atoms with Crippen molar-refractivity contribution in [2.75, 3.05) is 12.3 Å². The second-order valence-electron chi connectivity index (χ2n) is 3.92. The molecule has 0 amide bonds. The summed E-state index contributed by atoms with van der Waals surface area (Å²) in [5.74, 6) is 0.603. The van der Waals surface area contributed by atoms with Gasteiger partial charge >= 0.3 is 0 Å². The molecule has 2 heterocycles. The molecule has 5 heteroatoms. The molecule has 2 unspecified atom stereocenters. The van der Waals surface area contributed by atoms with Gasteiger partial charge in [0, 0.05) is 17.4 Å². The second kappa shape index (κ2) is 5.01. The van der Waals surface area contributed by atoms with Gasteiger partial charge in [0.15, 0.2) is 0 Å². The molecule has 2 rings (SSSR count). The van der Waals surface area contributed by atoms with Gasteiger partial charge in [-0.25, -0.2) is 9.97 Å². The number of thioether (sulfide) groups is 1. The van der Waals surface area contributed by atoms with Gasteiger partial charge in [-0.2, -0.15) is 0 Å². The highest BCUT2D eigenvalue weighted by Gasteiger charge is 2.26. The van der Waals surface area contributed by atoms with E-state index in [-0.39, 0.29) is 0 Å². The van der Waals surface area contributed by atoms with Gasteiger partial charge in [-0.1, -0.05) is 18.7 Å². The van der Waals surface area contributed by atoms with Gasteiger partial charge in [-0.05, 0) is 19.8 Å². The zero-order valence-corrected chi connectivity index (χ0v) is 10.5. The maximum absolute atomic E-state index is 5.85. The number of ether oxygens (including phenoxy) is 1. The molecule has 0 aromatic carbocycles. The van der Waals surface area contributed by atoms with Crippen LogP contribution < -0.4 is 5.73 Å². The summed E-state index contributed by atoms with van der Waals surface area (Å²) in [7, 11) is 0. The zero-order valence-electron chi connectivity index (χ0n) is 9.64. The Morgan fingerprint density at radius 3 is 3.00 bits per heavy atom. The number of hydrogen-bond donors (Lipinski definition) is 1. The maximum atomic E-state index is 5.85. The van der Waals surface area contributed by atoms with Crippen LogP contribution in [0.25, 0.3) is 0 Å². The van der Waals surface area contributed by atoms with E-state index < -0.39 is 0 Å². The third-order valence-corrected chi connectivity index (χ3v) is 4.36. The largest absolute Gasteiger partial charge is 0.383 e. The molecule has 0 aliphatic carbocycles. The Kier molecular flexibility index (Phi) is 3.66. The van der Waals surface area contributed by atoms with Gasteiger partial charge in [-0.15, -0.1) is 0 Å². The summed E-state index contributed by atoms with van der Waals surface area (Å²) in [6.07, 6.45) is 3.79. The number of rotatable bonds is 3. The lowest BCUT2D eigenvalue weighted by Crippen LogP contribution is -2.14. The molecule has 2 N–H and O–H groups in total. The molecule has 1 saturated heterocycles. The number of nitrogen functional groups attached to an aromatic ring is 1. The Labute approximate surface area is 100.0 Å². The molecular weight excluding hydrogens is 222 g/mol. The van der Waals surface area contributed by atoms with Crippen molar-refractivity contribution in [3.63, 3.8) is 0 Å². The average Bonchev–Trinajstić information content (AvgIpc) is 2.65. The van der Waals surface area contributed by atoms with Crippen molar-refractivity contribution in [3.8, 4) is 0 Å². The first-order chi connectivity index (χ1) is 7.72. The van der Waals surface area contributed by atoms with Crippen molar-refractivity contribution in [2.24, 2.45) is 0 Å². The number of nitrogens with zero attached hydrogens (tertiary/aromatic N) is 2. The van der Waals surface area contributed by atoms with Gasteiger partial charge in [-0.3, -0.25) is 0 Å². The van der Waals surface area contributed by atoms with Crippen LogP contribution in [0.5, 0.6) is 0 Å². The SMILES string of the molecule is CCc1c(N)ncnc1SC1CCOC1C. The summed E-state index contributed by atoms with van der Waals surface area (Å²) < 4.78 is 5.55. The predicted molar refractivity (Wildman–Crippen MR) is 65.5 cm³/mol. The molecule has 0 radical (unpaired) electrons. The lowest BCUT2D eigenvalue weighted by Gasteiger charge is -2.15. The maximum Gasteiger partial charge on any atom is 0.131 e. The van der Waals surface area contributed by atoms with Crippen molar-refractivity contribution < 1.29 is 4.74 Å². The Balaban J connectivity index is 2.17. The summed E-state index contributed by atoms with van der Waals surface area (Å²) in [4.78, 5) is 8.35. The van der Waals surface area contributed by atoms with Crippen LogP contribution in [-0.4, -0.2) is 27.9 Å². The quantitative estimate of drug-likeness (QED) is 0.816. The molecule has 88 valence electrons. The molecule has 1 aliphatic rings. The van der Waals surface area contributed by atoms with Crippen molar-refractivity contribution >= 4 is 17.6 Å². The number of anilines is 1. The van der Waals surface area contributed by atoms with E-state index in [0.717, 1.165) is 30.0 Å². The number of nitrogens with two attached hydrogens (primary N) is 1. The van der Waals surface area contributed by atoms with E-state index in [4.69, 9.17) is 10.5 Å². The second-order valence-corrected chi connectivity index (χ2v) is 5.14. The van der Waals surface area contributed by atoms with Crippen LogP contribution in [-0.2, 0) is 11.2 Å². The van der Waals surface area contributed by atoms with E-state index >= 15 is 0 Å². The minimum absolute atomic E-state index is 0.297. The highest BCUT2D eigenvalue weighted by atomic mass is 32.2. The standard InChI is InChI=1S/C11H17N3OS/c1-3-8-10(12)13-6-14-11(8)16-9-4-5-15-7(9)2/h6-7,9H,3-5H2,1-2H3,(H2,12,13,14). The zero-order chi connectivity index (χ0) is 11.5. The summed E-state index contributed by atoms with van der Waals surface area (Å²) in [6.45, 7) is 5.04. The Bertz CT molecular complexity index is 372. The summed E-state index contributed by atoms with van der Waals surface area (Å²) in [5.41, 5.74) is 6.91. The van der Waals surface area contributed by atoms with Crippen LogP contribution >= 0.6 is 11.8 Å². The highest BCUT2D eigenvalue weighted by molar-refractivity contribution is 8.00. The fraction of sp³-hybridized carbons (Fsp3) is 0.636. The number of hydrogen-bond acceptors (Lipinski definition) is 5. The first-order valence-electron chi connectivity index (χ1n) is 5.60. The summed E-state index contributed by atoms with van der Waals surface area (Å²) >= 11 is 1.77. The van der Waals surface area contributed by atoms with Gasteiger partial charge in [0.05, 0.1) is 6.10 Å². The van der Waals surface area contributed by atoms with Gasteiger partial charge in [0.1, 0.15) is 17.2 Å². The molecule has 16 heavy (non-hydrogen) atoms. The van der Waals surface area contributed by atoms with E-state index in [1.165, 1.54) is 6.33 Å². The fourth-order valence-electron chi connectivity index (χ4n) is 1.85. The van der Waals surface area contributed by atoms with Crippen molar-refractivity contribution in [1.82, 2.24) is 9.97 Å². The average molecular weight is 239 g/mol. The molecule has 0 bridgehead atoms. The van der Waals surface area contributed by atoms with Crippen LogP contribution in [0.3, 0.4) is 0 Å². The molecule has 1 aromatic heterocycles. The van der Waals surface area contributed by atoms with Crippen LogP contribution in [0.4, 0.5) is 5.82 Å². The molecule has 0 saturated carbocycles. The predicted octanol–water partition coefficient (Wildman–Crippen LogP) is 1.89. The summed E-state index contributed by atoms with van der Waals surface area (Å²) in [5, 5.41) is 1.50. The lowest BCUT2D eigenvalue weighted by atomic mass is 10.2. The molecule has 1 aliphatic heterocycles. The molecule has 2 atom stereocenters. The molecule has 4 nitrogen and oxygen atoms in total. The van der Waals surface area contributed by atoms with E-state index in [1.807, 2.05) is 0 Å². The Hall–Kier alpha value is -0.810. The number of aromatic nitrogens is 2. The first kappa shape index (κ1) is 11.7. The first-order valence-corrected chi connectivity index (χ1v) is 6.48. The van der Waals surface area contributed by atoms with Crippen LogP contribution in [0, 0.1) is 0 Å². The fourth-order valence-corrected chi connectivity index (χ4v) is 3.12. The van der Waals surface area contributed by atoms with E-state index in [2.05, 4.69) is 23.8 Å². The van der Waals surface area contributed by atoms with Crippen LogP contribution in [0.15, 0.2) is 11.4 Å². The topological polar surface area (TPSA) is 61.0 Å². The molecule has 0 spiro atoms. The molecule has 1 fully saturated rings. The molecule has 1 aromatic rings. The van der Waals surface area contributed by atoms with Crippen LogP contribution in [0.1, 0.15) is 25.8 Å². The van der Waals surface area contributed by atoms with Gasteiger partial charge < -0.3 is 10.5 Å². The Morgan fingerprint density at radius 1 is 1.56 bits per heavy atom. The highest BCUT2D eigenvalue weighted by Crippen LogP contribution is 2.34. The van der Waals surface area contributed by atoms with E-state index in [1.54, 1.807) is 11.8 Å². The third kappa shape index (κ3) is 2.30. The van der Waals surface area contributed by atoms with Crippen molar-refractivity contribution in [1.29, 1.82) is 0 Å². The monoisotopic (exact) mass is 239 g/mol. The smallest absolute Gasteiger partial charge is 0.131 e. The van der Waals surface area contributed by atoms with E-state index in [0.29, 0.717) is 17.2 Å². The summed E-state index contributed by atoms with van der Waals surface area (Å²) in [6, 6.07) is 0. The Morgan fingerprint density at radius 2 is 2.38 bits per heavy atom. The van der Waals surface area contributed by atoms with Crippen molar-refractivity contribution in [2.45, 2.75) is 43.1 Å². The minimum atomic E-state index is 0.297. The van der Waals surface area contributed by atoms with Gasteiger partial charge in [0.2, 0.25) is 0 Å². The minimum Gasteiger partial charge on any atom is -0.383 e. The molecular formula is C11H17N3OS.